The van der Waals surface area contributed by atoms with Gasteiger partial charge in [0.2, 0.25) is 0 Å². The van der Waals surface area contributed by atoms with Crippen molar-refractivity contribution < 1.29 is 28.2 Å². The molecule has 14 heteroatoms. The van der Waals surface area contributed by atoms with E-state index in [9.17, 15) is 19.3 Å². The maximum absolute atomic E-state index is 13.7. The highest BCUT2D eigenvalue weighted by Crippen LogP contribution is 2.51. The number of nitrogens with one attached hydrogen (secondary N) is 2. The lowest BCUT2D eigenvalue weighted by atomic mass is 9.95. The number of halogens is 1. The summed E-state index contributed by atoms with van der Waals surface area (Å²) in [7, 11) is -2.08. The first kappa shape index (κ1) is 29.7. The Morgan fingerprint density at radius 3 is 2.72 bits per heavy atom. The lowest BCUT2D eigenvalue weighted by Crippen LogP contribution is -2.55. The molecule has 2 aliphatic rings. The van der Waals surface area contributed by atoms with Gasteiger partial charge >= 0.3 is 13.4 Å². The first-order valence-corrected chi connectivity index (χ1v) is 14.7. The van der Waals surface area contributed by atoms with Crippen LogP contribution in [0.5, 0.6) is 0 Å². The summed E-state index contributed by atoms with van der Waals surface area (Å²) in [5.41, 5.74) is -0.842. The van der Waals surface area contributed by atoms with Gasteiger partial charge in [-0.3, -0.25) is 28.7 Å². The van der Waals surface area contributed by atoms with Crippen molar-refractivity contribution in [3.8, 4) is 0 Å². The summed E-state index contributed by atoms with van der Waals surface area (Å²) in [5, 5.41) is 14.5. The van der Waals surface area contributed by atoms with Crippen LogP contribution in [0.25, 0.3) is 0 Å². The molecule has 2 aliphatic heterocycles. The van der Waals surface area contributed by atoms with Crippen LogP contribution in [0.3, 0.4) is 0 Å². The summed E-state index contributed by atoms with van der Waals surface area (Å²) in [4.78, 5) is 26.1. The summed E-state index contributed by atoms with van der Waals surface area (Å²) in [5.74, 6) is 0. The lowest BCUT2D eigenvalue weighted by molar-refractivity contribution is -0.0943. The minimum atomic E-state index is -3.72. The first-order valence-electron chi connectivity index (χ1n) is 12.1. The van der Waals surface area contributed by atoms with Gasteiger partial charge in [0.15, 0.2) is 0 Å². The Labute approximate surface area is 219 Å². The molecule has 0 saturated carbocycles. The van der Waals surface area contributed by atoms with Gasteiger partial charge in [0.05, 0.1) is 25.4 Å². The van der Waals surface area contributed by atoms with Crippen molar-refractivity contribution in [3.63, 3.8) is 0 Å². The van der Waals surface area contributed by atoms with Gasteiger partial charge in [0, 0.05) is 42.0 Å². The zero-order valence-corrected chi connectivity index (χ0v) is 23.9. The fraction of sp³-hybridized carbons (Fsp3) is 0.818. The maximum Gasteiger partial charge on any atom is 0.408 e. The number of aromatic nitrogens is 2. The number of aliphatic hydroxyl groups excluding tert-OH is 1. The van der Waals surface area contributed by atoms with Crippen molar-refractivity contribution >= 4 is 23.7 Å². The Bertz CT molecular complexity index is 1050. The van der Waals surface area contributed by atoms with E-state index in [0.29, 0.717) is 23.9 Å². The number of aliphatic hydroxyl groups is 1. The van der Waals surface area contributed by atoms with Crippen molar-refractivity contribution in [1.29, 1.82) is 0 Å². The van der Waals surface area contributed by atoms with Gasteiger partial charge in [-0.05, 0) is 41.2 Å². The van der Waals surface area contributed by atoms with E-state index in [-0.39, 0.29) is 37.5 Å². The molecule has 1 aromatic heterocycles. The average Bonchev–Trinajstić information content (AvgIpc) is 3.14. The van der Waals surface area contributed by atoms with E-state index < -0.39 is 37.4 Å². The summed E-state index contributed by atoms with van der Waals surface area (Å²) in [6.45, 7) is 8.15. The van der Waals surface area contributed by atoms with Gasteiger partial charge in [0.1, 0.15) is 18.6 Å². The van der Waals surface area contributed by atoms with Crippen LogP contribution in [0.4, 0.5) is 0 Å². The number of ether oxygens (including phenoxy) is 2. The number of hydrogen-bond acceptors (Lipinski definition) is 9. The molecule has 12 nitrogen and oxygen atoms in total. The van der Waals surface area contributed by atoms with E-state index in [1.807, 2.05) is 6.92 Å². The Kier molecular flexibility index (Phi) is 10.1. The van der Waals surface area contributed by atoms with Crippen molar-refractivity contribution in [2.45, 2.75) is 83.3 Å². The molecule has 6 atom stereocenters. The molecular formula is C22H38BrN4O8P. The fourth-order valence-electron chi connectivity index (χ4n) is 4.47. The second-order valence-corrected chi connectivity index (χ2v) is 13.0. The number of aryl methyl sites for hydroxylation is 1. The fourth-order valence-corrected chi connectivity index (χ4v) is 6.77. The Hall–Kier alpha value is -0.890. The van der Waals surface area contributed by atoms with Gasteiger partial charge in [0.25, 0.3) is 5.56 Å². The SMILES string of the molecule is Cc1cn(C2CC(O)C(COP(=O)(OCCC3NC(C)(C)CC(C)O3)N(C)CCBr)O2)c(=O)[nH]c1=O. The monoisotopic (exact) mass is 596 g/mol. The third kappa shape index (κ3) is 7.58. The van der Waals surface area contributed by atoms with Gasteiger partial charge in [-0.1, -0.05) is 15.9 Å². The van der Waals surface area contributed by atoms with Crippen LogP contribution in [0, 0.1) is 6.92 Å². The highest BCUT2D eigenvalue weighted by molar-refractivity contribution is 9.09. The summed E-state index contributed by atoms with van der Waals surface area (Å²) in [6, 6.07) is 0. The highest BCUT2D eigenvalue weighted by atomic mass is 79.9. The van der Waals surface area contributed by atoms with Gasteiger partial charge < -0.3 is 14.6 Å². The number of aromatic amines is 1. The predicted molar refractivity (Wildman–Crippen MR) is 137 cm³/mol. The van der Waals surface area contributed by atoms with Gasteiger partial charge in [-0.15, -0.1) is 0 Å². The third-order valence-electron chi connectivity index (χ3n) is 6.27. The van der Waals surface area contributed by atoms with E-state index in [2.05, 4.69) is 40.1 Å². The molecule has 3 heterocycles. The number of rotatable bonds is 11. The molecule has 3 rings (SSSR count). The molecule has 206 valence electrons. The minimum absolute atomic E-state index is 0.0753. The van der Waals surface area contributed by atoms with Crippen LogP contribution < -0.4 is 16.6 Å². The van der Waals surface area contributed by atoms with Crippen LogP contribution >= 0.6 is 23.7 Å². The maximum atomic E-state index is 13.7. The highest BCUT2D eigenvalue weighted by Gasteiger charge is 2.40. The molecule has 2 saturated heterocycles. The number of H-pyrrole nitrogens is 1. The zero-order chi connectivity index (χ0) is 26.7. The number of alkyl halides is 1. The van der Waals surface area contributed by atoms with Crippen molar-refractivity contribution in [2.75, 3.05) is 32.1 Å². The molecule has 6 unspecified atom stereocenters. The number of hydrogen-bond donors (Lipinski definition) is 3. The Morgan fingerprint density at radius 2 is 2.06 bits per heavy atom. The molecule has 0 aromatic carbocycles. The van der Waals surface area contributed by atoms with Gasteiger partial charge in [-0.2, -0.15) is 0 Å². The van der Waals surface area contributed by atoms with Gasteiger partial charge in [-0.25, -0.2) is 14.0 Å². The second-order valence-electron chi connectivity index (χ2n) is 10.0. The quantitative estimate of drug-likeness (QED) is 0.255. The van der Waals surface area contributed by atoms with Crippen LogP contribution in [0.15, 0.2) is 15.8 Å². The molecule has 36 heavy (non-hydrogen) atoms. The van der Waals surface area contributed by atoms with Crippen LogP contribution in [-0.4, -0.2) is 81.5 Å². The molecule has 0 spiro atoms. The first-order chi connectivity index (χ1) is 16.8. The molecule has 3 N–H and O–H groups in total. The molecular weight excluding hydrogens is 559 g/mol. The topological polar surface area (TPSA) is 144 Å². The smallest absolute Gasteiger partial charge is 0.390 e. The standard InChI is InChI=1S/C22H38BrN4O8P/c1-14-12-27(21(30)24-20(14)29)19-10-16(28)17(35-19)13-33-36(31,26(5)8-7-23)32-9-6-18-25-22(3,4)11-15(2)34-18/h12,15-19,25,28H,6-11,13H2,1-5H3,(H,24,29,30). The van der Waals surface area contributed by atoms with Crippen molar-refractivity contribution in [1.82, 2.24) is 19.5 Å². The largest absolute Gasteiger partial charge is 0.408 e. The summed E-state index contributed by atoms with van der Waals surface area (Å²) < 4.78 is 39.7. The van der Waals surface area contributed by atoms with E-state index in [1.54, 1.807) is 14.0 Å². The summed E-state index contributed by atoms with van der Waals surface area (Å²) >= 11 is 3.34. The second kappa shape index (κ2) is 12.3. The third-order valence-corrected chi connectivity index (χ3v) is 8.64. The average molecular weight is 597 g/mol. The predicted octanol–water partition coefficient (Wildman–Crippen LogP) is 1.85. The molecule has 0 aliphatic carbocycles. The van der Waals surface area contributed by atoms with E-state index in [1.165, 1.54) is 15.4 Å². The number of nitrogens with zero attached hydrogens (tertiary/aromatic N) is 2. The Balaban J connectivity index is 1.61. The van der Waals surface area contributed by atoms with E-state index >= 15 is 0 Å². The van der Waals surface area contributed by atoms with E-state index in [0.717, 1.165) is 6.42 Å². The zero-order valence-electron chi connectivity index (χ0n) is 21.4. The van der Waals surface area contributed by atoms with Crippen molar-refractivity contribution in [2.24, 2.45) is 0 Å². The lowest BCUT2D eigenvalue weighted by Gasteiger charge is -2.40. The molecule has 2 fully saturated rings. The van der Waals surface area contributed by atoms with Crippen LogP contribution in [-0.2, 0) is 23.1 Å². The normalized spacial score (nSPS) is 29.9. The molecule has 0 amide bonds. The van der Waals surface area contributed by atoms with Crippen LogP contribution in [0.2, 0.25) is 0 Å². The minimum Gasteiger partial charge on any atom is -0.390 e. The van der Waals surface area contributed by atoms with Crippen molar-refractivity contribution in [3.05, 3.63) is 32.6 Å². The summed E-state index contributed by atoms with van der Waals surface area (Å²) in [6.07, 6.45) is 0.121. The van der Waals surface area contributed by atoms with E-state index in [4.69, 9.17) is 18.5 Å². The molecule has 0 bridgehead atoms. The van der Waals surface area contributed by atoms with Crippen LogP contribution in [0.1, 0.15) is 51.8 Å². The molecule has 1 aromatic rings. The molecule has 0 radical (unpaired) electrons. The Morgan fingerprint density at radius 1 is 1.33 bits per heavy atom.